The first-order valence-electron chi connectivity index (χ1n) is 9.33. The molecule has 0 aliphatic carbocycles. The van der Waals surface area contributed by atoms with E-state index in [0.717, 1.165) is 44.6 Å². The van der Waals surface area contributed by atoms with Gasteiger partial charge in [-0.05, 0) is 55.5 Å². The van der Waals surface area contributed by atoms with Crippen LogP contribution in [0, 0.1) is 6.92 Å². The van der Waals surface area contributed by atoms with Crippen LogP contribution in [0.1, 0.15) is 5.69 Å². The Labute approximate surface area is 167 Å². The van der Waals surface area contributed by atoms with Gasteiger partial charge in [-0.15, -0.1) is 5.10 Å². The van der Waals surface area contributed by atoms with Crippen molar-refractivity contribution in [1.29, 1.82) is 0 Å². The van der Waals surface area contributed by atoms with E-state index in [9.17, 15) is 0 Å². The predicted octanol–water partition coefficient (Wildman–Crippen LogP) is 5.03. The number of fused-ring (bicyclic) bond motifs is 2. The van der Waals surface area contributed by atoms with Crippen molar-refractivity contribution in [2.24, 2.45) is 0 Å². The van der Waals surface area contributed by atoms with Crippen molar-refractivity contribution in [2.45, 2.75) is 6.92 Å². The van der Waals surface area contributed by atoms with Crippen LogP contribution in [-0.2, 0) is 0 Å². The number of methoxy groups -OCH3 is 1. The minimum absolute atomic E-state index is 0.686. The number of anilines is 2. The molecule has 0 amide bonds. The molecule has 0 saturated carbocycles. The van der Waals surface area contributed by atoms with Crippen LogP contribution >= 0.6 is 0 Å². The summed E-state index contributed by atoms with van der Waals surface area (Å²) in [7, 11) is 1.66. The molecule has 5 rings (SSSR count). The fraction of sp³-hybridized carbons (Fsp3) is 0.0870. The van der Waals surface area contributed by atoms with Crippen molar-refractivity contribution < 1.29 is 4.74 Å². The highest BCUT2D eigenvalue weighted by molar-refractivity contribution is 5.95. The van der Waals surface area contributed by atoms with Gasteiger partial charge in [-0.1, -0.05) is 18.2 Å². The van der Waals surface area contributed by atoms with Gasteiger partial charge in [-0.2, -0.15) is 5.10 Å². The molecular formula is C23H19N5O. The molecule has 142 valence electrons. The number of ether oxygens (including phenoxy) is 1. The lowest BCUT2D eigenvalue weighted by molar-refractivity contribution is 0.415. The molecule has 29 heavy (non-hydrogen) atoms. The zero-order valence-electron chi connectivity index (χ0n) is 16.1. The van der Waals surface area contributed by atoms with Crippen molar-refractivity contribution in [3.63, 3.8) is 0 Å². The summed E-state index contributed by atoms with van der Waals surface area (Å²) in [5, 5.41) is 14.1. The Morgan fingerprint density at radius 3 is 2.59 bits per heavy atom. The number of benzene rings is 3. The molecular weight excluding hydrogens is 362 g/mol. The second-order valence-corrected chi connectivity index (χ2v) is 6.82. The van der Waals surface area contributed by atoms with Crippen molar-refractivity contribution >= 4 is 33.3 Å². The maximum absolute atomic E-state index is 5.38. The van der Waals surface area contributed by atoms with Gasteiger partial charge in [0.25, 0.3) is 0 Å². The summed E-state index contributed by atoms with van der Waals surface area (Å²) in [5.74, 6) is 1.47. The average molecular weight is 381 g/mol. The first kappa shape index (κ1) is 17.2. The number of rotatable bonds is 4. The summed E-state index contributed by atoms with van der Waals surface area (Å²) >= 11 is 0. The third-order valence-corrected chi connectivity index (χ3v) is 5.02. The van der Waals surface area contributed by atoms with Gasteiger partial charge >= 0.3 is 0 Å². The van der Waals surface area contributed by atoms with Gasteiger partial charge in [0.1, 0.15) is 12.1 Å². The number of para-hydroxylation sites is 1. The highest BCUT2D eigenvalue weighted by atomic mass is 16.5. The number of hydrogen-bond acceptors (Lipinski definition) is 5. The molecule has 3 aromatic carbocycles. The van der Waals surface area contributed by atoms with Crippen LogP contribution in [0.2, 0.25) is 0 Å². The number of imidazole rings is 1. The molecule has 1 N–H and O–H groups in total. The molecule has 6 nitrogen and oxygen atoms in total. The van der Waals surface area contributed by atoms with Gasteiger partial charge in [0.05, 0.1) is 23.8 Å². The maximum Gasteiger partial charge on any atom is 0.161 e. The molecule has 6 heteroatoms. The zero-order chi connectivity index (χ0) is 19.8. The summed E-state index contributed by atoms with van der Waals surface area (Å²) in [6.07, 6.45) is 1.84. The Kier molecular flexibility index (Phi) is 4.09. The normalized spacial score (nSPS) is 11.1. The molecule has 2 aromatic heterocycles. The fourth-order valence-electron chi connectivity index (χ4n) is 3.51. The quantitative estimate of drug-likeness (QED) is 0.473. The number of nitrogens with zero attached hydrogens (tertiary/aromatic N) is 4. The topological polar surface area (TPSA) is 64.9 Å². The highest BCUT2D eigenvalue weighted by Gasteiger charge is 2.10. The Bertz CT molecular complexity index is 1330. The molecule has 0 fully saturated rings. The molecule has 0 aliphatic rings. The second-order valence-electron chi connectivity index (χ2n) is 6.82. The SMILES string of the molecule is COc1ccc2c(C)nnc(Nc3ccc4c(c3)ncn4-c3ccccc3)c2c1. The van der Waals surface area contributed by atoms with E-state index < -0.39 is 0 Å². The van der Waals surface area contributed by atoms with Gasteiger partial charge < -0.3 is 10.1 Å². The van der Waals surface area contributed by atoms with Gasteiger partial charge in [-0.3, -0.25) is 4.57 Å². The molecule has 5 aromatic rings. The third-order valence-electron chi connectivity index (χ3n) is 5.02. The van der Waals surface area contributed by atoms with Gasteiger partial charge in [0.15, 0.2) is 5.82 Å². The van der Waals surface area contributed by atoms with Crippen molar-refractivity contribution in [3.8, 4) is 11.4 Å². The summed E-state index contributed by atoms with van der Waals surface area (Å²) in [5.41, 5.74) is 4.81. The predicted molar refractivity (Wildman–Crippen MR) is 115 cm³/mol. The second kappa shape index (κ2) is 6.91. The summed E-state index contributed by atoms with van der Waals surface area (Å²) in [6.45, 7) is 1.95. The number of aromatic nitrogens is 4. The monoisotopic (exact) mass is 381 g/mol. The van der Waals surface area contributed by atoms with Gasteiger partial charge in [0, 0.05) is 22.1 Å². The van der Waals surface area contributed by atoms with Crippen LogP contribution in [0.15, 0.2) is 73.1 Å². The Morgan fingerprint density at radius 1 is 0.897 bits per heavy atom. The minimum atomic E-state index is 0.686. The minimum Gasteiger partial charge on any atom is -0.497 e. The van der Waals surface area contributed by atoms with E-state index in [1.54, 1.807) is 7.11 Å². The molecule has 0 unspecified atom stereocenters. The van der Waals surface area contributed by atoms with Crippen LogP contribution in [0.4, 0.5) is 11.5 Å². The summed E-state index contributed by atoms with van der Waals surface area (Å²) in [6, 6.07) is 22.2. The smallest absolute Gasteiger partial charge is 0.161 e. The van der Waals surface area contributed by atoms with Crippen molar-refractivity contribution in [1.82, 2.24) is 19.7 Å². The van der Waals surface area contributed by atoms with Gasteiger partial charge in [0.2, 0.25) is 0 Å². The highest BCUT2D eigenvalue weighted by Crippen LogP contribution is 2.30. The first-order valence-corrected chi connectivity index (χ1v) is 9.33. The van der Waals surface area contributed by atoms with Crippen LogP contribution in [0.5, 0.6) is 5.75 Å². The number of nitrogens with one attached hydrogen (secondary N) is 1. The van der Waals surface area contributed by atoms with Crippen LogP contribution < -0.4 is 10.1 Å². The van der Waals surface area contributed by atoms with E-state index in [0.29, 0.717) is 5.82 Å². The average Bonchev–Trinajstić information content (AvgIpc) is 3.19. The summed E-state index contributed by atoms with van der Waals surface area (Å²) in [4.78, 5) is 4.57. The standard InChI is InChI=1S/C23H19N5O/c1-15-19-10-9-18(29-2)13-20(19)23(27-26-15)25-16-8-11-22-21(12-16)24-14-28(22)17-6-4-3-5-7-17/h3-14H,1-2H3,(H,25,27). The van der Waals surface area contributed by atoms with Gasteiger partial charge in [-0.25, -0.2) is 4.98 Å². The van der Waals surface area contributed by atoms with E-state index >= 15 is 0 Å². The van der Waals surface area contributed by atoms with Crippen LogP contribution in [0.3, 0.4) is 0 Å². The summed E-state index contributed by atoms with van der Waals surface area (Å²) < 4.78 is 7.46. The number of hydrogen-bond donors (Lipinski definition) is 1. The van der Waals surface area contributed by atoms with Crippen molar-refractivity contribution in [3.05, 3.63) is 78.8 Å². The lowest BCUT2D eigenvalue weighted by Crippen LogP contribution is -1.99. The fourth-order valence-corrected chi connectivity index (χ4v) is 3.51. The van der Waals surface area contributed by atoms with E-state index in [1.807, 2.05) is 61.8 Å². The van der Waals surface area contributed by atoms with E-state index in [2.05, 4.69) is 43.3 Å². The van der Waals surface area contributed by atoms with E-state index in [-0.39, 0.29) is 0 Å². The zero-order valence-corrected chi connectivity index (χ0v) is 16.1. The molecule has 0 spiro atoms. The Balaban J connectivity index is 1.55. The Hall–Kier alpha value is -3.93. The van der Waals surface area contributed by atoms with E-state index in [4.69, 9.17) is 4.74 Å². The Morgan fingerprint density at radius 2 is 1.76 bits per heavy atom. The van der Waals surface area contributed by atoms with Crippen molar-refractivity contribution in [2.75, 3.05) is 12.4 Å². The molecule has 0 atom stereocenters. The molecule has 0 bridgehead atoms. The number of aryl methyl sites for hydroxylation is 1. The molecule has 0 radical (unpaired) electrons. The largest absolute Gasteiger partial charge is 0.497 e. The lowest BCUT2D eigenvalue weighted by atomic mass is 10.1. The van der Waals surface area contributed by atoms with Crippen LogP contribution in [-0.4, -0.2) is 26.9 Å². The molecule has 0 saturated heterocycles. The van der Waals surface area contributed by atoms with E-state index in [1.165, 1.54) is 0 Å². The molecule has 2 heterocycles. The third kappa shape index (κ3) is 3.04. The molecule has 0 aliphatic heterocycles. The maximum atomic E-state index is 5.38. The lowest BCUT2D eigenvalue weighted by Gasteiger charge is -2.11. The first-order chi connectivity index (χ1) is 14.2. The van der Waals surface area contributed by atoms with Crippen LogP contribution in [0.25, 0.3) is 27.5 Å².